The molecular weight excluding hydrogens is 482 g/mol. The summed E-state index contributed by atoms with van der Waals surface area (Å²) in [6.45, 7) is 6.75. The number of ether oxygens (including phenoxy) is 2. The molecule has 1 saturated heterocycles. The SMILES string of the molecule is CC(C)(C)OC(=O)N1CCC(n2cc(-c3cc(F)ccc3OCc3ccc(Cl)c(Cl)c3)nn2)C1. The molecule has 1 amide bonds. The number of carbonyl (C=O) groups excluding carboxylic acids is 1. The van der Waals surface area contributed by atoms with E-state index < -0.39 is 11.4 Å². The van der Waals surface area contributed by atoms with E-state index in [1.165, 1.54) is 12.1 Å². The van der Waals surface area contributed by atoms with Crippen molar-refractivity contribution in [3.8, 4) is 17.0 Å². The minimum Gasteiger partial charge on any atom is -0.488 e. The number of hydrogen-bond donors (Lipinski definition) is 0. The topological polar surface area (TPSA) is 69.5 Å². The van der Waals surface area contributed by atoms with Gasteiger partial charge >= 0.3 is 6.09 Å². The lowest BCUT2D eigenvalue weighted by Gasteiger charge is -2.24. The fourth-order valence-corrected chi connectivity index (χ4v) is 3.97. The highest BCUT2D eigenvalue weighted by Crippen LogP contribution is 2.32. The zero-order valence-electron chi connectivity index (χ0n) is 19.1. The summed E-state index contributed by atoms with van der Waals surface area (Å²) in [5.74, 6) is 0.0460. The lowest BCUT2D eigenvalue weighted by atomic mass is 10.1. The quantitative estimate of drug-likeness (QED) is 0.414. The Morgan fingerprint density at radius 2 is 1.97 bits per heavy atom. The lowest BCUT2D eigenvalue weighted by molar-refractivity contribution is 0.0288. The molecule has 2 heterocycles. The maximum Gasteiger partial charge on any atom is 0.410 e. The Hall–Kier alpha value is -2.84. The van der Waals surface area contributed by atoms with E-state index in [2.05, 4.69) is 10.3 Å². The average Bonchev–Trinajstić information content (AvgIpc) is 3.44. The molecule has 1 atom stereocenters. The van der Waals surface area contributed by atoms with Gasteiger partial charge in [-0.1, -0.05) is 34.5 Å². The monoisotopic (exact) mass is 506 g/mol. The molecule has 180 valence electrons. The molecule has 1 aromatic heterocycles. The van der Waals surface area contributed by atoms with E-state index in [9.17, 15) is 9.18 Å². The van der Waals surface area contributed by atoms with Crippen LogP contribution in [0.4, 0.5) is 9.18 Å². The summed E-state index contributed by atoms with van der Waals surface area (Å²) in [7, 11) is 0. The summed E-state index contributed by atoms with van der Waals surface area (Å²) in [6.07, 6.45) is 2.11. The van der Waals surface area contributed by atoms with Crippen molar-refractivity contribution in [2.24, 2.45) is 0 Å². The Labute approximate surface area is 207 Å². The van der Waals surface area contributed by atoms with Crippen LogP contribution >= 0.6 is 23.2 Å². The number of carbonyl (C=O) groups is 1. The standard InChI is InChI=1S/C24H25Cl2FN4O3/c1-24(2,3)34-23(32)30-9-8-17(12-30)31-13-21(28-29-31)18-11-16(27)5-7-22(18)33-14-15-4-6-19(25)20(26)10-15/h4-7,10-11,13,17H,8-9,12,14H2,1-3H3. The van der Waals surface area contributed by atoms with Crippen molar-refractivity contribution in [3.63, 3.8) is 0 Å². The molecule has 1 unspecified atom stereocenters. The van der Waals surface area contributed by atoms with Crippen LogP contribution in [0.3, 0.4) is 0 Å². The molecule has 7 nitrogen and oxygen atoms in total. The van der Waals surface area contributed by atoms with Gasteiger partial charge in [-0.2, -0.15) is 0 Å². The van der Waals surface area contributed by atoms with Crippen molar-refractivity contribution in [1.29, 1.82) is 0 Å². The summed E-state index contributed by atoms with van der Waals surface area (Å²) in [4.78, 5) is 14.0. The predicted molar refractivity (Wildman–Crippen MR) is 128 cm³/mol. The number of hydrogen-bond acceptors (Lipinski definition) is 5. The highest BCUT2D eigenvalue weighted by molar-refractivity contribution is 6.42. The maximum atomic E-state index is 14.1. The van der Waals surface area contributed by atoms with E-state index in [1.54, 1.807) is 34.0 Å². The maximum absolute atomic E-state index is 14.1. The number of amides is 1. The Kier molecular flexibility index (Phi) is 7.00. The molecule has 0 spiro atoms. The van der Waals surface area contributed by atoms with Gasteiger partial charge in [0.15, 0.2) is 0 Å². The first-order chi connectivity index (χ1) is 16.1. The number of nitrogens with zero attached hydrogens (tertiary/aromatic N) is 4. The van der Waals surface area contributed by atoms with E-state index in [1.807, 2.05) is 26.8 Å². The Morgan fingerprint density at radius 3 is 2.71 bits per heavy atom. The van der Waals surface area contributed by atoms with Gasteiger partial charge in [0.25, 0.3) is 0 Å². The Bertz CT molecular complexity index is 1200. The van der Waals surface area contributed by atoms with Gasteiger partial charge in [0, 0.05) is 18.7 Å². The van der Waals surface area contributed by atoms with Crippen molar-refractivity contribution in [2.75, 3.05) is 13.1 Å². The van der Waals surface area contributed by atoms with Gasteiger partial charge in [-0.3, -0.25) is 0 Å². The van der Waals surface area contributed by atoms with Gasteiger partial charge in [0.2, 0.25) is 0 Å². The van der Waals surface area contributed by atoms with Crippen molar-refractivity contribution in [1.82, 2.24) is 19.9 Å². The molecule has 0 radical (unpaired) electrons. The number of halogens is 3. The number of benzene rings is 2. The fourth-order valence-electron chi connectivity index (χ4n) is 3.65. The second-order valence-electron chi connectivity index (χ2n) is 9.13. The van der Waals surface area contributed by atoms with E-state index in [4.69, 9.17) is 32.7 Å². The van der Waals surface area contributed by atoms with Gasteiger partial charge in [0.1, 0.15) is 29.5 Å². The van der Waals surface area contributed by atoms with Crippen LogP contribution in [0.2, 0.25) is 10.0 Å². The van der Waals surface area contributed by atoms with Gasteiger partial charge in [-0.15, -0.1) is 5.10 Å². The minimum atomic E-state index is -0.555. The molecule has 1 aliphatic rings. The molecule has 3 aromatic rings. The highest BCUT2D eigenvalue weighted by Gasteiger charge is 2.31. The van der Waals surface area contributed by atoms with Crippen molar-refractivity contribution in [2.45, 2.75) is 45.4 Å². The molecule has 1 aliphatic heterocycles. The summed E-state index contributed by atoms with van der Waals surface area (Å²) in [5, 5.41) is 9.36. The zero-order chi connectivity index (χ0) is 24.5. The Morgan fingerprint density at radius 1 is 1.18 bits per heavy atom. The second-order valence-corrected chi connectivity index (χ2v) is 9.94. The van der Waals surface area contributed by atoms with Crippen LogP contribution in [0.1, 0.15) is 38.8 Å². The fraction of sp³-hybridized carbons (Fsp3) is 0.375. The molecule has 0 bridgehead atoms. The van der Waals surface area contributed by atoms with Gasteiger partial charge in [-0.25, -0.2) is 13.9 Å². The third kappa shape index (κ3) is 5.80. The smallest absolute Gasteiger partial charge is 0.410 e. The summed E-state index contributed by atoms with van der Waals surface area (Å²) in [5.41, 5.74) is 1.22. The van der Waals surface area contributed by atoms with Crippen molar-refractivity contribution >= 4 is 29.3 Å². The molecule has 10 heteroatoms. The predicted octanol–water partition coefficient (Wildman–Crippen LogP) is 6.15. The van der Waals surface area contributed by atoms with Crippen molar-refractivity contribution in [3.05, 3.63) is 64.0 Å². The first kappa shape index (κ1) is 24.3. The number of rotatable bonds is 5. The number of aromatic nitrogens is 3. The second kappa shape index (κ2) is 9.80. The third-order valence-corrected chi connectivity index (χ3v) is 6.03. The van der Waals surface area contributed by atoms with E-state index >= 15 is 0 Å². The summed E-state index contributed by atoms with van der Waals surface area (Å²) in [6, 6.07) is 9.42. The van der Waals surface area contributed by atoms with E-state index in [0.717, 1.165) is 5.56 Å². The van der Waals surface area contributed by atoms with Gasteiger partial charge < -0.3 is 14.4 Å². The molecule has 0 N–H and O–H groups in total. The molecule has 1 fully saturated rings. The van der Waals surface area contributed by atoms with E-state index in [-0.39, 0.29) is 18.7 Å². The van der Waals surface area contributed by atoms with E-state index in [0.29, 0.717) is 46.6 Å². The van der Waals surface area contributed by atoms with Crippen LogP contribution in [0.25, 0.3) is 11.3 Å². The molecule has 0 saturated carbocycles. The molecule has 4 rings (SSSR count). The van der Waals surface area contributed by atoms with Gasteiger partial charge in [-0.05, 0) is 63.1 Å². The van der Waals surface area contributed by atoms with Crippen molar-refractivity contribution < 1.29 is 18.7 Å². The molecule has 2 aromatic carbocycles. The first-order valence-corrected chi connectivity index (χ1v) is 11.6. The van der Waals surface area contributed by atoms with Crippen LogP contribution in [0.15, 0.2) is 42.6 Å². The number of likely N-dealkylation sites (tertiary alicyclic amines) is 1. The first-order valence-electron chi connectivity index (χ1n) is 10.9. The molecule has 0 aliphatic carbocycles. The zero-order valence-corrected chi connectivity index (χ0v) is 20.6. The van der Waals surface area contributed by atoms with Crippen LogP contribution in [0, 0.1) is 5.82 Å². The van der Waals surface area contributed by atoms with Crippen LogP contribution in [-0.2, 0) is 11.3 Å². The highest BCUT2D eigenvalue weighted by atomic mass is 35.5. The summed E-state index contributed by atoms with van der Waals surface area (Å²) >= 11 is 12.0. The Balaban J connectivity index is 1.48. The van der Waals surface area contributed by atoms with Gasteiger partial charge in [0.05, 0.1) is 22.3 Å². The van der Waals surface area contributed by atoms with Crippen LogP contribution in [0.5, 0.6) is 5.75 Å². The third-order valence-electron chi connectivity index (χ3n) is 5.30. The van der Waals surface area contributed by atoms with Crippen LogP contribution in [-0.4, -0.2) is 44.7 Å². The summed E-state index contributed by atoms with van der Waals surface area (Å²) < 4.78 is 27.2. The largest absolute Gasteiger partial charge is 0.488 e. The molecule has 34 heavy (non-hydrogen) atoms. The molecular formula is C24H25Cl2FN4O3. The average molecular weight is 507 g/mol. The normalized spacial score (nSPS) is 16.1. The van der Waals surface area contributed by atoms with Crippen LogP contribution < -0.4 is 4.74 Å². The lowest BCUT2D eigenvalue weighted by Crippen LogP contribution is -2.35. The minimum absolute atomic E-state index is 0.0529.